The lowest BCUT2D eigenvalue weighted by Crippen LogP contribution is -2.34. The van der Waals surface area contributed by atoms with Crippen LogP contribution in [-0.2, 0) is 39.6 Å². The number of aromatic nitrogens is 8. The summed E-state index contributed by atoms with van der Waals surface area (Å²) in [7, 11) is 0. The number of nitrogens with one attached hydrogen (secondary N) is 3. The minimum atomic E-state index is -4.10. The van der Waals surface area contributed by atoms with Crippen molar-refractivity contribution in [3.8, 4) is 6.07 Å². The molecule has 9 atom stereocenters. The van der Waals surface area contributed by atoms with Crippen molar-refractivity contribution >= 4 is 64.4 Å². The van der Waals surface area contributed by atoms with Gasteiger partial charge in [-0.3, -0.25) is 33.8 Å². The Morgan fingerprint density at radius 1 is 1.06 bits per heavy atom. The second kappa shape index (κ2) is 19.1. The van der Waals surface area contributed by atoms with Crippen LogP contribution in [0.3, 0.4) is 0 Å². The molecule has 5 aromatic rings. The molecule has 9 unspecified atom stereocenters. The fourth-order valence-corrected chi connectivity index (χ4v) is 8.85. The molecule has 5 N–H and O–H groups in total. The van der Waals surface area contributed by atoms with E-state index in [2.05, 4.69) is 50.6 Å². The van der Waals surface area contributed by atoms with E-state index in [1.165, 1.54) is 21.8 Å². The van der Waals surface area contributed by atoms with Gasteiger partial charge in [-0.25, -0.2) is 24.3 Å². The number of ether oxygens (including phenoxy) is 2. The third kappa shape index (κ3) is 9.03. The van der Waals surface area contributed by atoms with Crippen molar-refractivity contribution in [3.05, 3.63) is 75.7 Å². The van der Waals surface area contributed by atoms with Gasteiger partial charge in [-0.15, -0.1) is 0 Å². The van der Waals surface area contributed by atoms with E-state index in [4.69, 9.17) is 34.9 Å². The number of imidazole rings is 2. The maximum Gasteiger partial charge on any atom is 0.327 e. The van der Waals surface area contributed by atoms with Gasteiger partial charge < -0.3 is 38.6 Å². The number of fused-ring (bicyclic) bond motifs is 2. The molecule has 2 fully saturated rings. The topological polar surface area (TPSA) is 325 Å². The van der Waals surface area contributed by atoms with Gasteiger partial charge in [0.05, 0.1) is 63.8 Å². The first-order valence-electron chi connectivity index (χ1n) is 18.9. The van der Waals surface area contributed by atoms with Gasteiger partial charge >= 0.3 is 6.72 Å². The number of aliphatic hydroxyl groups excluding tert-OH is 2. The number of halogens is 1. The Morgan fingerprint density at radius 3 is 2.48 bits per heavy atom. The average molecular weight is 897 g/mol. The first-order valence-corrected chi connectivity index (χ1v) is 21.4. The van der Waals surface area contributed by atoms with Gasteiger partial charge in [0.15, 0.2) is 46.8 Å². The zero-order chi connectivity index (χ0) is 44.1. The van der Waals surface area contributed by atoms with Crippen LogP contribution in [0.4, 0.5) is 16.2 Å². The normalized spacial score (nSPS) is 24.5. The van der Waals surface area contributed by atoms with E-state index in [0.717, 1.165) is 6.33 Å². The number of hydrogen-bond acceptors (Lipinski definition) is 18. The number of azide groups is 1. The number of benzene rings is 1. The van der Waals surface area contributed by atoms with Gasteiger partial charge in [0, 0.05) is 22.3 Å². The summed E-state index contributed by atoms with van der Waals surface area (Å²) in [5.41, 5.74) is 9.06. The highest BCUT2D eigenvalue weighted by Gasteiger charge is 2.51. The first kappa shape index (κ1) is 44.2. The van der Waals surface area contributed by atoms with Crippen molar-refractivity contribution in [1.82, 2.24) is 39.0 Å². The van der Waals surface area contributed by atoms with Crippen LogP contribution < -0.4 is 16.2 Å². The maximum absolute atomic E-state index is 16.3. The number of nitriles is 1. The first-order chi connectivity index (χ1) is 29.9. The van der Waals surface area contributed by atoms with Crippen molar-refractivity contribution in [2.24, 2.45) is 17.0 Å². The molecule has 24 nitrogen and oxygen atoms in total. The van der Waals surface area contributed by atoms with Crippen molar-refractivity contribution < 1.29 is 47.2 Å². The molecule has 1 aromatic carbocycles. The number of hydrogen-bond donors (Lipinski definition) is 5. The molecule has 2 aliphatic rings. The highest BCUT2D eigenvalue weighted by Crippen LogP contribution is 2.56. The van der Waals surface area contributed by atoms with E-state index in [0.29, 0.717) is 5.56 Å². The van der Waals surface area contributed by atoms with E-state index in [1.54, 1.807) is 44.2 Å². The third-order valence-electron chi connectivity index (χ3n) is 9.85. The lowest BCUT2D eigenvalue weighted by molar-refractivity contribution is -0.118. The number of carbonyl (C=O) groups is 2. The number of H-pyrrole nitrogens is 1. The van der Waals surface area contributed by atoms with Crippen LogP contribution in [0.1, 0.15) is 43.1 Å². The molecule has 0 spiro atoms. The third-order valence-corrected chi connectivity index (χ3v) is 12.2. The van der Waals surface area contributed by atoms with Crippen molar-refractivity contribution in [3.63, 3.8) is 0 Å². The Kier molecular flexibility index (Phi) is 13.6. The molecule has 4 aromatic heterocycles. The Labute approximate surface area is 354 Å². The highest BCUT2D eigenvalue weighted by molar-refractivity contribution is 8.07. The molecule has 0 saturated carbocycles. The molecule has 2 amide bonds. The SMILES string of the molecule is CC(C)C(=O)Nc1nc2c(ncn2C2OC(CO)C(CO)C2OP(=S)(OCCC#N)OCC2OC(n3cnc4c(NC(=O)c5ccccc5)ncnc43)C(F)C2N=[N+]=[N-])c(=O)[nH]1. The van der Waals surface area contributed by atoms with Gasteiger partial charge in [-0.05, 0) is 29.5 Å². The van der Waals surface area contributed by atoms with Crippen LogP contribution in [0.5, 0.6) is 0 Å². The molecule has 2 saturated heterocycles. The molecule has 0 aliphatic carbocycles. The number of aliphatic hydroxyl groups is 2. The molecule has 7 rings (SSSR count). The van der Waals surface area contributed by atoms with Gasteiger partial charge in [0.1, 0.15) is 18.5 Å². The van der Waals surface area contributed by atoms with E-state index in [1.807, 2.05) is 6.07 Å². The maximum atomic E-state index is 16.3. The monoisotopic (exact) mass is 896 g/mol. The summed E-state index contributed by atoms with van der Waals surface area (Å²) in [5.74, 6) is -2.52. The van der Waals surface area contributed by atoms with Crippen LogP contribution in [0.2, 0.25) is 0 Å². The van der Waals surface area contributed by atoms with Crippen LogP contribution in [0.15, 0.2) is 59.2 Å². The molecule has 27 heteroatoms. The summed E-state index contributed by atoms with van der Waals surface area (Å²) in [6.07, 6.45) is -5.12. The molecule has 0 radical (unpaired) electrons. The fraction of sp³-hybridized carbons (Fsp3) is 0.457. The zero-order valence-corrected chi connectivity index (χ0v) is 34.4. The standard InChI is InChI=1S/C35H38FN14O10PS/c1-17(2)30(53)45-35-44-29-25(32(55)46-35)42-16-50(29)34-26(19(11-51)20(12-52)58-34)60-61(62,56-10-6-9-37)57-13-21-23(47-48-38)22(36)33(59-21)49-15-41-24-27(39-14-40-28(24)49)43-31(54)18-7-4-3-5-8-18/h3-5,7-8,14-17,19-23,26,33-34,51-52H,6,10-13H2,1-2H3,(H,39,40,43,54)(H2,44,45,46,53,55). The number of carbonyl (C=O) groups excluding carboxylic acids is 2. The Hall–Kier alpha value is -5.84. The smallest absolute Gasteiger partial charge is 0.327 e. The zero-order valence-electron chi connectivity index (χ0n) is 32.7. The summed E-state index contributed by atoms with van der Waals surface area (Å²) >= 11 is 5.82. The molecule has 326 valence electrons. The number of rotatable bonds is 17. The number of alkyl halides is 1. The number of aromatic amines is 1. The largest absolute Gasteiger partial charge is 0.396 e. The molecule has 0 bridgehead atoms. The van der Waals surface area contributed by atoms with Crippen LogP contribution >= 0.6 is 6.72 Å². The quantitative estimate of drug-likeness (QED) is 0.0294. The lowest BCUT2D eigenvalue weighted by atomic mass is 9.99. The van der Waals surface area contributed by atoms with Crippen LogP contribution in [0, 0.1) is 23.2 Å². The molecule has 2 aliphatic heterocycles. The lowest BCUT2D eigenvalue weighted by Gasteiger charge is -2.30. The summed E-state index contributed by atoms with van der Waals surface area (Å²) in [6.45, 7) is -2.93. The van der Waals surface area contributed by atoms with E-state index in [9.17, 15) is 35.4 Å². The second-order valence-electron chi connectivity index (χ2n) is 14.1. The number of nitrogens with zero attached hydrogens (tertiary/aromatic N) is 11. The van der Waals surface area contributed by atoms with Crippen molar-refractivity contribution in [2.75, 3.05) is 37.1 Å². The minimum absolute atomic E-state index is 0.0401. The van der Waals surface area contributed by atoms with Crippen molar-refractivity contribution in [1.29, 1.82) is 5.26 Å². The van der Waals surface area contributed by atoms with Gasteiger partial charge in [-0.2, -0.15) is 10.2 Å². The molecular weight excluding hydrogens is 859 g/mol. The molecule has 62 heavy (non-hydrogen) atoms. The predicted octanol–water partition coefficient (Wildman–Crippen LogP) is 2.78. The Bertz CT molecular complexity index is 2640. The van der Waals surface area contributed by atoms with E-state index >= 15 is 4.39 Å². The Balaban J connectivity index is 1.16. The van der Waals surface area contributed by atoms with E-state index < -0.39 is 98.7 Å². The minimum Gasteiger partial charge on any atom is -0.396 e. The number of amides is 2. The molecule has 6 heterocycles. The number of anilines is 2. The summed E-state index contributed by atoms with van der Waals surface area (Å²) in [5, 5.41) is 38.9. The molecular formula is C35H38FN14O10PS. The summed E-state index contributed by atoms with van der Waals surface area (Å²) in [6, 6.07) is 8.76. The summed E-state index contributed by atoms with van der Waals surface area (Å²) in [4.78, 5) is 64.8. The van der Waals surface area contributed by atoms with Crippen LogP contribution in [-0.4, -0.2) is 118 Å². The van der Waals surface area contributed by atoms with Gasteiger partial charge in [-0.1, -0.05) is 37.2 Å². The van der Waals surface area contributed by atoms with Gasteiger partial charge in [0.2, 0.25) is 11.9 Å². The van der Waals surface area contributed by atoms with Crippen LogP contribution in [0.25, 0.3) is 32.8 Å². The summed E-state index contributed by atoms with van der Waals surface area (Å²) < 4.78 is 49.4. The van der Waals surface area contributed by atoms with E-state index in [-0.39, 0.29) is 47.1 Å². The van der Waals surface area contributed by atoms with Gasteiger partial charge in [0.25, 0.3) is 11.5 Å². The predicted molar refractivity (Wildman–Crippen MR) is 216 cm³/mol. The Morgan fingerprint density at radius 2 is 1.79 bits per heavy atom. The second-order valence-corrected chi connectivity index (χ2v) is 17.1. The fourth-order valence-electron chi connectivity index (χ4n) is 6.74. The average Bonchev–Trinajstić information content (AvgIpc) is 4.04. The van der Waals surface area contributed by atoms with Crippen molar-refractivity contribution in [2.45, 2.75) is 63.2 Å². The highest BCUT2D eigenvalue weighted by atomic mass is 32.5.